The molecule has 0 saturated carbocycles. The topological polar surface area (TPSA) is 77.7 Å². The van der Waals surface area contributed by atoms with Gasteiger partial charge in [0.15, 0.2) is 5.72 Å². The Hall–Kier alpha value is -3.88. The van der Waals surface area contributed by atoms with Crippen molar-refractivity contribution in [1.82, 2.24) is 19.4 Å². The Morgan fingerprint density at radius 3 is 2.47 bits per heavy atom. The zero-order valence-corrected chi connectivity index (χ0v) is 21.7. The Labute approximate surface area is 218 Å². The maximum atomic E-state index is 13.4. The highest BCUT2D eigenvalue weighted by Gasteiger charge is 2.54. The third kappa shape index (κ3) is 2.39. The van der Waals surface area contributed by atoms with E-state index >= 15 is 0 Å². The van der Waals surface area contributed by atoms with Gasteiger partial charge in [-0.1, -0.05) is 36.4 Å². The Kier molecular flexibility index (Phi) is 4.17. The van der Waals surface area contributed by atoms with Gasteiger partial charge in [0.25, 0.3) is 5.91 Å². The summed E-state index contributed by atoms with van der Waals surface area (Å²) in [6.07, 6.45) is -0.235. The molecule has 3 aromatic carbocycles. The summed E-state index contributed by atoms with van der Waals surface area (Å²) in [5.74, 6) is -0.0533. The van der Waals surface area contributed by atoms with E-state index in [2.05, 4.69) is 45.6 Å². The van der Waals surface area contributed by atoms with Crippen LogP contribution in [0.4, 0.5) is 0 Å². The highest BCUT2D eigenvalue weighted by Crippen LogP contribution is 2.54. The number of hydrogen-bond acceptors (Lipinski definition) is 4. The van der Waals surface area contributed by atoms with E-state index in [9.17, 15) is 9.59 Å². The zero-order chi connectivity index (χ0) is 26.1. The van der Waals surface area contributed by atoms with E-state index in [-0.39, 0.29) is 24.1 Å². The molecule has 0 aliphatic carbocycles. The number of fused-ring (bicyclic) bond motifs is 13. The molecule has 1 saturated heterocycles. The number of carbonyl (C=O) groups is 2. The molecule has 8 heteroatoms. The molecular weight excluding hydrogens is 480 g/mol. The van der Waals surface area contributed by atoms with Crippen LogP contribution < -0.4 is 5.32 Å². The van der Waals surface area contributed by atoms with Crippen molar-refractivity contribution in [3.05, 3.63) is 59.7 Å². The van der Waals surface area contributed by atoms with Crippen LogP contribution in [0.3, 0.4) is 0 Å². The van der Waals surface area contributed by atoms with Crippen molar-refractivity contribution in [1.29, 1.82) is 0 Å². The van der Waals surface area contributed by atoms with Crippen molar-refractivity contribution < 1.29 is 19.1 Å². The summed E-state index contributed by atoms with van der Waals surface area (Å²) in [6.45, 7) is 4.16. The van der Waals surface area contributed by atoms with Crippen molar-refractivity contribution in [2.24, 2.45) is 0 Å². The molecular formula is C30H28N4O4. The first-order valence-corrected chi connectivity index (χ1v) is 13.1. The van der Waals surface area contributed by atoms with Crippen LogP contribution in [0.1, 0.15) is 42.4 Å². The fourth-order valence-corrected chi connectivity index (χ4v) is 7.63. The molecule has 5 heterocycles. The number of ether oxygens (including phenoxy) is 2. The van der Waals surface area contributed by atoms with Crippen LogP contribution >= 0.6 is 0 Å². The first-order valence-electron chi connectivity index (χ1n) is 13.1. The molecule has 1 fully saturated rings. The van der Waals surface area contributed by atoms with Gasteiger partial charge in [-0.3, -0.25) is 9.59 Å². The molecule has 4 atom stereocenters. The van der Waals surface area contributed by atoms with E-state index < -0.39 is 11.8 Å². The fourth-order valence-electron chi connectivity index (χ4n) is 7.63. The second-order valence-electron chi connectivity index (χ2n) is 10.9. The van der Waals surface area contributed by atoms with Crippen molar-refractivity contribution in [2.75, 3.05) is 14.2 Å². The maximum absolute atomic E-state index is 13.4. The second-order valence-corrected chi connectivity index (χ2v) is 10.9. The molecule has 192 valence electrons. The fraction of sp³-hybridized carbons (Fsp3) is 0.333. The van der Waals surface area contributed by atoms with Crippen molar-refractivity contribution in [3.63, 3.8) is 0 Å². The number of para-hydroxylation sites is 2. The van der Waals surface area contributed by atoms with Crippen molar-refractivity contribution >= 4 is 55.4 Å². The smallest absolute Gasteiger partial charge is 0.252 e. The third-order valence-electron chi connectivity index (χ3n) is 9.19. The largest absolute Gasteiger partial charge is 0.374 e. The molecule has 3 aliphatic heterocycles. The summed E-state index contributed by atoms with van der Waals surface area (Å²) in [6, 6.07) is 16.4. The first kappa shape index (κ1) is 22.1. The van der Waals surface area contributed by atoms with E-state index in [4.69, 9.17) is 9.47 Å². The van der Waals surface area contributed by atoms with Gasteiger partial charge in [-0.05, 0) is 24.6 Å². The standard InChI is InChI=1S/C30H28N4O4/c1-15(35)32(3)21-13-22-33-19-11-7-5-9-16(19)24-25-18(14-31-29(25)36)23-17-10-6-8-12-20(17)34(27(23)26(24)33)30(2,38-22)28(21)37-4/h5-12,21-22,28H,13-14H2,1-4H3,(H,31,36)/t21-,22-,28-,30+/m0/s1. The van der Waals surface area contributed by atoms with Crippen molar-refractivity contribution in [2.45, 2.75) is 50.9 Å². The quantitative estimate of drug-likeness (QED) is 0.378. The average Bonchev–Trinajstić information content (AvgIpc) is 3.55. The number of aromatic nitrogens is 2. The molecule has 3 aliphatic rings. The number of rotatable bonds is 2. The molecule has 2 aromatic heterocycles. The van der Waals surface area contributed by atoms with Crippen LogP contribution in [0.25, 0.3) is 43.6 Å². The number of likely N-dealkylation sites (N-methyl/N-ethyl adjacent to an activating group) is 1. The van der Waals surface area contributed by atoms with Gasteiger partial charge in [-0.15, -0.1) is 0 Å². The van der Waals surface area contributed by atoms with E-state index in [1.165, 1.54) is 0 Å². The minimum atomic E-state index is -0.926. The number of hydrogen-bond donors (Lipinski definition) is 1. The van der Waals surface area contributed by atoms with E-state index in [0.29, 0.717) is 13.0 Å². The van der Waals surface area contributed by atoms with E-state index in [1.807, 2.05) is 31.3 Å². The molecule has 0 unspecified atom stereocenters. The number of benzene rings is 3. The molecule has 8 rings (SSSR count). The van der Waals surface area contributed by atoms with Crippen LogP contribution in [0.5, 0.6) is 0 Å². The zero-order valence-electron chi connectivity index (χ0n) is 21.7. The minimum absolute atomic E-state index is 0.0162. The summed E-state index contributed by atoms with van der Waals surface area (Å²) in [7, 11) is 3.54. The number of methoxy groups -OCH3 is 1. The predicted molar refractivity (Wildman–Crippen MR) is 145 cm³/mol. The normalized spacial score (nSPS) is 25.9. The number of carbonyl (C=O) groups excluding carboxylic acids is 2. The van der Waals surface area contributed by atoms with E-state index in [0.717, 1.165) is 54.7 Å². The summed E-state index contributed by atoms with van der Waals surface area (Å²) in [5, 5.41) is 7.27. The Morgan fingerprint density at radius 2 is 1.76 bits per heavy atom. The van der Waals surface area contributed by atoms with Gasteiger partial charge in [0.1, 0.15) is 12.3 Å². The van der Waals surface area contributed by atoms with E-state index in [1.54, 1.807) is 18.9 Å². The Bertz CT molecular complexity index is 1880. The third-order valence-corrected chi connectivity index (χ3v) is 9.19. The number of amides is 2. The molecule has 8 nitrogen and oxygen atoms in total. The molecule has 5 aromatic rings. The van der Waals surface area contributed by atoms with Crippen LogP contribution in [-0.4, -0.2) is 52.2 Å². The lowest BCUT2D eigenvalue weighted by Crippen LogP contribution is -2.61. The number of nitrogens with one attached hydrogen (secondary N) is 1. The minimum Gasteiger partial charge on any atom is -0.374 e. The predicted octanol–water partition coefficient (Wildman–Crippen LogP) is 4.61. The van der Waals surface area contributed by atoms with Crippen LogP contribution in [-0.2, 0) is 26.5 Å². The van der Waals surface area contributed by atoms with Gasteiger partial charge in [-0.2, -0.15) is 0 Å². The lowest BCUT2D eigenvalue weighted by Gasteiger charge is -2.50. The average molecular weight is 509 g/mol. The summed E-state index contributed by atoms with van der Waals surface area (Å²) in [5.41, 5.74) is 4.95. The van der Waals surface area contributed by atoms with Gasteiger partial charge in [-0.25, -0.2) is 0 Å². The van der Waals surface area contributed by atoms with Gasteiger partial charge in [0, 0.05) is 55.6 Å². The summed E-state index contributed by atoms with van der Waals surface area (Å²) in [4.78, 5) is 27.9. The van der Waals surface area contributed by atoms with Crippen LogP contribution in [0.15, 0.2) is 48.5 Å². The van der Waals surface area contributed by atoms with Gasteiger partial charge < -0.3 is 28.8 Å². The Morgan fingerprint density at radius 1 is 1.08 bits per heavy atom. The maximum Gasteiger partial charge on any atom is 0.252 e. The van der Waals surface area contributed by atoms with Gasteiger partial charge >= 0.3 is 0 Å². The van der Waals surface area contributed by atoms with Crippen LogP contribution in [0.2, 0.25) is 0 Å². The number of nitrogens with zero attached hydrogens (tertiary/aromatic N) is 3. The first-order chi connectivity index (χ1) is 18.4. The SMILES string of the molecule is CO[C@H]1[C@@H](N(C)C(C)=O)C[C@@H]2O[C@@]1(C)n1c3ccccc3c3c4c(c5c6ccccc6n2c5c31)C(=O)NC4. The van der Waals surface area contributed by atoms with Gasteiger partial charge in [0.05, 0.1) is 33.7 Å². The lowest BCUT2D eigenvalue weighted by molar-refractivity contribution is -0.266. The van der Waals surface area contributed by atoms with Crippen molar-refractivity contribution in [3.8, 4) is 0 Å². The summed E-state index contributed by atoms with van der Waals surface area (Å²) >= 11 is 0. The molecule has 38 heavy (non-hydrogen) atoms. The second kappa shape index (κ2) is 7.15. The lowest BCUT2D eigenvalue weighted by atomic mass is 9.91. The van der Waals surface area contributed by atoms with Gasteiger partial charge in [0.2, 0.25) is 5.91 Å². The molecule has 2 bridgehead atoms. The molecule has 1 N–H and O–H groups in total. The molecule has 0 radical (unpaired) electrons. The molecule has 0 spiro atoms. The summed E-state index contributed by atoms with van der Waals surface area (Å²) < 4.78 is 17.9. The highest BCUT2D eigenvalue weighted by molar-refractivity contribution is 6.31. The monoisotopic (exact) mass is 508 g/mol. The highest BCUT2D eigenvalue weighted by atomic mass is 16.6. The Balaban J connectivity index is 1.66. The molecule has 2 amide bonds. The van der Waals surface area contributed by atoms with Crippen LogP contribution in [0, 0.1) is 0 Å².